The van der Waals surface area contributed by atoms with Crippen molar-refractivity contribution in [1.82, 2.24) is 4.98 Å². The molecule has 0 spiro atoms. The summed E-state index contributed by atoms with van der Waals surface area (Å²) >= 11 is 0. The van der Waals surface area contributed by atoms with Gasteiger partial charge >= 0.3 is 0 Å². The molecule has 0 saturated heterocycles. The van der Waals surface area contributed by atoms with E-state index in [1.54, 1.807) is 13.3 Å². The lowest BCUT2D eigenvalue weighted by atomic mass is 10.0. The van der Waals surface area contributed by atoms with Gasteiger partial charge in [-0.1, -0.05) is 30.3 Å². The third-order valence-corrected chi connectivity index (χ3v) is 3.77. The molecule has 2 aromatic rings. The average Bonchev–Trinajstić information content (AvgIpc) is 3.28. The molecule has 3 rings (SSSR count). The average molecular weight is 255 g/mol. The first-order chi connectivity index (χ1) is 9.31. The van der Waals surface area contributed by atoms with Crippen molar-refractivity contribution in [3.8, 4) is 5.75 Å². The van der Waals surface area contributed by atoms with Crippen molar-refractivity contribution in [2.75, 3.05) is 7.11 Å². The Kier molecular flexibility index (Phi) is 3.22. The molecule has 19 heavy (non-hydrogen) atoms. The first kappa shape index (κ1) is 12.2. The van der Waals surface area contributed by atoms with E-state index in [-0.39, 0.29) is 5.92 Å². The summed E-state index contributed by atoms with van der Waals surface area (Å²) in [6.07, 6.45) is 2.15. The highest BCUT2D eigenvalue weighted by Gasteiger charge is 2.45. The molecule has 0 amide bonds. The Morgan fingerprint density at radius 1 is 1.21 bits per heavy atom. The van der Waals surface area contributed by atoms with Gasteiger partial charge in [-0.2, -0.15) is 0 Å². The van der Waals surface area contributed by atoms with Crippen LogP contribution in [0.3, 0.4) is 0 Å². The Balaban J connectivity index is 1.78. The topological polar surface area (TPSA) is 42.4 Å². The van der Waals surface area contributed by atoms with Gasteiger partial charge in [0.1, 0.15) is 17.5 Å². The summed E-state index contributed by atoms with van der Waals surface area (Å²) in [6, 6.07) is 14.0. The zero-order valence-electron chi connectivity index (χ0n) is 10.9. The minimum Gasteiger partial charge on any atom is -0.495 e. The first-order valence-corrected chi connectivity index (χ1v) is 6.53. The maximum Gasteiger partial charge on any atom is 0.143 e. The van der Waals surface area contributed by atoms with E-state index in [2.05, 4.69) is 17.1 Å². The van der Waals surface area contributed by atoms with Crippen LogP contribution < -0.4 is 4.74 Å². The molecule has 1 saturated carbocycles. The van der Waals surface area contributed by atoms with Gasteiger partial charge < -0.3 is 9.84 Å². The molecule has 1 N–H and O–H groups in total. The van der Waals surface area contributed by atoms with Crippen molar-refractivity contribution in [1.29, 1.82) is 0 Å². The Morgan fingerprint density at radius 2 is 2.00 bits per heavy atom. The number of aliphatic hydroxyl groups is 1. The van der Waals surface area contributed by atoms with Gasteiger partial charge in [0.2, 0.25) is 0 Å². The number of benzene rings is 1. The van der Waals surface area contributed by atoms with Crippen LogP contribution in [-0.2, 0) is 0 Å². The Bertz CT molecular complexity index is 556. The molecule has 1 aliphatic carbocycles. The molecule has 1 aromatic heterocycles. The van der Waals surface area contributed by atoms with Gasteiger partial charge in [-0.05, 0) is 36.0 Å². The van der Waals surface area contributed by atoms with E-state index in [9.17, 15) is 5.11 Å². The van der Waals surface area contributed by atoms with Gasteiger partial charge in [-0.25, -0.2) is 0 Å². The van der Waals surface area contributed by atoms with Gasteiger partial charge in [-0.3, -0.25) is 4.98 Å². The summed E-state index contributed by atoms with van der Waals surface area (Å²) in [6.45, 7) is 0. The maximum atomic E-state index is 10.5. The predicted molar refractivity (Wildman–Crippen MR) is 73.0 cm³/mol. The van der Waals surface area contributed by atoms with Crippen LogP contribution in [0.5, 0.6) is 5.75 Å². The molecule has 0 aliphatic heterocycles. The summed E-state index contributed by atoms with van der Waals surface area (Å²) in [5.74, 6) is 1.34. The van der Waals surface area contributed by atoms with Crippen molar-refractivity contribution in [3.63, 3.8) is 0 Å². The summed E-state index contributed by atoms with van der Waals surface area (Å²) < 4.78 is 5.26. The lowest BCUT2D eigenvalue weighted by Gasteiger charge is -2.13. The second-order valence-electron chi connectivity index (χ2n) is 4.95. The fourth-order valence-electron chi connectivity index (χ4n) is 2.65. The molecule has 1 aliphatic rings. The van der Waals surface area contributed by atoms with Gasteiger partial charge in [0.25, 0.3) is 0 Å². The fourth-order valence-corrected chi connectivity index (χ4v) is 2.65. The van der Waals surface area contributed by atoms with Crippen molar-refractivity contribution in [3.05, 3.63) is 59.9 Å². The Morgan fingerprint density at radius 3 is 2.74 bits per heavy atom. The van der Waals surface area contributed by atoms with E-state index in [1.807, 2.05) is 30.3 Å². The summed E-state index contributed by atoms with van der Waals surface area (Å²) in [5, 5.41) is 10.5. The number of aliphatic hydroxyl groups excluding tert-OH is 1. The summed E-state index contributed by atoms with van der Waals surface area (Å²) in [7, 11) is 1.61. The van der Waals surface area contributed by atoms with Crippen molar-refractivity contribution < 1.29 is 9.84 Å². The highest BCUT2D eigenvalue weighted by atomic mass is 16.5. The minimum absolute atomic E-state index is 0.242. The molecule has 1 heterocycles. The van der Waals surface area contributed by atoms with Crippen LogP contribution in [0.25, 0.3) is 0 Å². The highest BCUT2D eigenvalue weighted by Crippen LogP contribution is 2.54. The standard InChI is InChI=1S/C16H17NO2/c1-19-14-8-5-9-17-15(14)16(18)13-10-12(13)11-6-3-2-4-7-11/h2-9,12-13,16,18H,10H2,1H3. The van der Waals surface area contributed by atoms with Gasteiger partial charge in [0.05, 0.1) is 7.11 Å². The predicted octanol–water partition coefficient (Wildman–Crippen LogP) is 2.93. The lowest BCUT2D eigenvalue weighted by Crippen LogP contribution is -2.06. The smallest absolute Gasteiger partial charge is 0.143 e. The van der Waals surface area contributed by atoms with Crippen LogP contribution in [0.15, 0.2) is 48.7 Å². The number of nitrogens with zero attached hydrogens (tertiary/aromatic N) is 1. The van der Waals surface area contributed by atoms with E-state index in [4.69, 9.17) is 4.74 Å². The van der Waals surface area contributed by atoms with Gasteiger partial charge in [0.15, 0.2) is 0 Å². The van der Waals surface area contributed by atoms with E-state index in [0.717, 1.165) is 6.42 Å². The quantitative estimate of drug-likeness (QED) is 0.913. The second-order valence-corrected chi connectivity index (χ2v) is 4.95. The third-order valence-electron chi connectivity index (χ3n) is 3.77. The van der Waals surface area contributed by atoms with Crippen LogP contribution >= 0.6 is 0 Å². The first-order valence-electron chi connectivity index (χ1n) is 6.53. The SMILES string of the molecule is COc1cccnc1C(O)C1CC1c1ccccc1. The largest absolute Gasteiger partial charge is 0.495 e. The molecule has 1 fully saturated rings. The fraction of sp³-hybridized carbons (Fsp3) is 0.312. The lowest BCUT2D eigenvalue weighted by molar-refractivity contribution is 0.142. The number of rotatable bonds is 4. The normalized spacial score (nSPS) is 22.8. The number of ether oxygens (including phenoxy) is 1. The summed E-state index contributed by atoms with van der Waals surface area (Å²) in [4.78, 5) is 4.26. The third kappa shape index (κ3) is 2.34. The van der Waals surface area contributed by atoms with Gasteiger partial charge in [0, 0.05) is 6.20 Å². The molecule has 3 atom stereocenters. The van der Waals surface area contributed by atoms with Crippen molar-refractivity contribution >= 4 is 0 Å². The monoisotopic (exact) mass is 255 g/mol. The zero-order valence-corrected chi connectivity index (χ0v) is 10.9. The Labute approximate surface area is 112 Å². The number of aromatic nitrogens is 1. The Hall–Kier alpha value is -1.87. The van der Waals surface area contributed by atoms with Crippen LogP contribution in [0.4, 0.5) is 0 Å². The molecule has 1 aromatic carbocycles. The molecule has 3 heteroatoms. The second kappa shape index (κ2) is 5.02. The molecular weight excluding hydrogens is 238 g/mol. The minimum atomic E-state index is -0.554. The molecule has 0 radical (unpaired) electrons. The molecule has 3 nitrogen and oxygen atoms in total. The molecule has 3 unspecified atom stereocenters. The highest BCUT2D eigenvalue weighted by molar-refractivity contribution is 5.33. The maximum absolute atomic E-state index is 10.5. The van der Waals surface area contributed by atoms with Crippen LogP contribution in [-0.4, -0.2) is 17.2 Å². The molecule has 0 bridgehead atoms. The van der Waals surface area contributed by atoms with Crippen LogP contribution in [0, 0.1) is 5.92 Å². The van der Waals surface area contributed by atoms with E-state index in [1.165, 1.54) is 5.56 Å². The van der Waals surface area contributed by atoms with Crippen molar-refractivity contribution in [2.45, 2.75) is 18.4 Å². The van der Waals surface area contributed by atoms with Crippen molar-refractivity contribution in [2.24, 2.45) is 5.92 Å². The van der Waals surface area contributed by atoms with E-state index < -0.39 is 6.10 Å². The number of methoxy groups -OCH3 is 1. The van der Waals surface area contributed by atoms with Crippen LogP contribution in [0.2, 0.25) is 0 Å². The molecular formula is C16H17NO2. The molecule has 98 valence electrons. The van der Waals surface area contributed by atoms with E-state index >= 15 is 0 Å². The number of hydrogen-bond donors (Lipinski definition) is 1. The van der Waals surface area contributed by atoms with E-state index in [0.29, 0.717) is 17.4 Å². The zero-order chi connectivity index (χ0) is 13.2. The van der Waals surface area contributed by atoms with Crippen LogP contribution in [0.1, 0.15) is 29.7 Å². The van der Waals surface area contributed by atoms with Gasteiger partial charge in [-0.15, -0.1) is 0 Å². The number of pyridine rings is 1. The summed E-state index contributed by atoms with van der Waals surface area (Å²) in [5.41, 5.74) is 1.94. The number of hydrogen-bond acceptors (Lipinski definition) is 3.